The lowest BCUT2D eigenvalue weighted by Gasteiger charge is -2.36. The van der Waals surface area contributed by atoms with Crippen molar-refractivity contribution >= 4 is 56.3 Å². The highest BCUT2D eigenvalue weighted by atomic mass is 35.5. The van der Waals surface area contributed by atoms with E-state index in [4.69, 9.17) is 26.1 Å². The van der Waals surface area contributed by atoms with Gasteiger partial charge in [-0.15, -0.1) is 0 Å². The lowest BCUT2D eigenvalue weighted by atomic mass is 9.86. The van der Waals surface area contributed by atoms with Crippen LogP contribution < -0.4 is 20.1 Å². The monoisotopic (exact) mass is 825 g/mol. The molecule has 57 heavy (non-hydrogen) atoms. The molecule has 4 heterocycles. The van der Waals surface area contributed by atoms with Crippen molar-refractivity contribution < 1.29 is 37.1 Å². The molecule has 15 heteroatoms. The van der Waals surface area contributed by atoms with Gasteiger partial charge in [-0.3, -0.25) is 19.1 Å². The summed E-state index contributed by atoms with van der Waals surface area (Å²) in [7, 11) is -4.02. The minimum absolute atomic E-state index is 0.0453. The number of ether oxygens (including phenoxy) is 2. The third-order valence-corrected chi connectivity index (χ3v) is 15.4. The highest BCUT2D eigenvalue weighted by molar-refractivity contribution is 7.91. The first-order valence-corrected chi connectivity index (χ1v) is 22.6. The van der Waals surface area contributed by atoms with Crippen LogP contribution in [-0.2, 0) is 35.6 Å². The zero-order valence-electron chi connectivity index (χ0n) is 33.3. The topological polar surface area (TPSA) is 173 Å². The smallest absolute Gasteiger partial charge is 0.407 e. The fourth-order valence-electron chi connectivity index (χ4n) is 8.99. The third-order valence-electron chi connectivity index (χ3n) is 13.1. The highest BCUT2D eigenvalue weighted by Crippen LogP contribution is 2.46. The molecule has 13 nitrogen and oxygen atoms in total. The van der Waals surface area contributed by atoms with Crippen molar-refractivity contribution in [3.8, 4) is 5.75 Å². The highest BCUT2D eigenvalue weighted by Gasteiger charge is 2.56. The molecule has 4 atom stereocenters. The average Bonchev–Trinajstić information content (AvgIpc) is 3.55. The predicted octanol–water partition coefficient (Wildman–Crippen LogP) is 6.32. The summed E-state index contributed by atoms with van der Waals surface area (Å²) in [6.07, 6.45) is 12.7. The number of halogens is 1. The summed E-state index contributed by atoms with van der Waals surface area (Å²) < 4.78 is 40.4. The summed E-state index contributed by atoms with van der Waals surface area (Å²) in [5, 5.41) is 7.27. The molecule has 5 aliphatic rings. The maximum Gasteiger partial charge on any atom is 0.407 e. The van der Waals surface area contributed by atoms with Crippen molar-refractivity contribution in [2.45, 2.75) is 151 Å². The van der Waals surface area contributed by atoms with Gasteiger partial charge in [-0.25, -0.2) is 18.2 Å². The quantitative estimate of drug-likeness (QED) is 0.270. The van der Waals surface area contributed by atoms with Gasteiger partial charge in [0.2, 0.25) is 21.8 Å². The van der Waals surface area contributed by atoms with Crippen molar-refractivity contribution in [3.05, 3.63) is 46.6 Å². The first-order chi connectivity index (χ1) is 27.2. The lowest BCUT2D eigenvalue weighted by molar-refractivity contribution is -0.142. The number of carbonyl (C=O) groups excluding carboxylic acids is 4. The summed E-state index contributed by atoms with van der Waals surface area (Å²) in [4.78, 5) is 63.3. The number of rotatable bonds is 7. The van der Waals surface area contributed by atoms with Gasteiger partial charge in [0.15, 0.2) is 0 Å². The normalized spacial score (nSPS) is 28.1. The molecule has 3 N–H and O–H groups in total. The number of benzene rings is 1. The zero-order chi connectivity index (χ0) is 40.6. The Morgan fingerprint density at radius 3 is 2.56 bits per heavy atom. The van der Waals surface area contributed by atoms with Crippen molar-refractivity contribution in [2.75, 3.05) is 13.2 Å². The van der Waals surface area contributed by atoms with Gasteiger partial charge in [-0.1, -0.05) is 56.4 Å². The Kier molecular flexibility index (Phi) is 11.9. The number of amides is 4. The van der Waals surface area contributed by atoms with E-state index >= 15 is 0 Å². The Morgan fingerprint density at radius 2 is 1.82 bits per heavy atom. The second-order valence-electron chi connectivity index (χ2n) is 17.2. The molecule has 1 saturated heterocycles. The number of nitrogens with zero attached hydrogens (tertiary/aromatic N) is 2. The van der Waals surface area contributed by atoms with Gasteiger partial charge in [0.1, 0.15) is 29.0 Å². The van der Waals surface area contributed by atoms with Crippen molar-refractivity contribution in [1.82, 2.24) is 25.2 Å². The molecule has 1 aromatic heterocycles. The van der Waals surface area contributed by atoms with E-state index in [0.29, 0.717) is 67.3 Å². The van der Waals surface area contributed by atoms with Gasteiger partial charge in [-0.2, -0.15) is 0 Å². The van der Waals surface area contributed by atoms with Crippen LogP contribution in [-0.4, -0.2) is 83.2 Å². The average molecular weight is 826 g/mol. The van der Waals surface area contributed by atoms with Gasteiger partial charge in [-0.05, 0) is 109 Å². The van der Waals surface area contributed by atoms with E-state index in [1.807, 2.05) is 31.2 Å². The zero-order valence-corrected chi connectivity index (χ0v) is 34.9. The van der Waals surface area contributed by atoms with Gasteiger partial charge in [0.25, 0.3) is 5.91 Å². The number of nitrogens with one attached hydrogen (secondary N) is 3. The van der Waals surface area contributed by atoms with Crippen molar-refractivity contribution in [3.63, 3.8) is 0 Å². The molecular weight excluding hydrogens is 770 g/mol. The first-order valence-electron chi connectivity index (χ1n) is 20.7. The maximum absolute atomic E-state index is 14.8. The van der Waals surface area contributed by atoms with Crippen LogP contribution in [0.3, 0.4) is 0 Å². The van der Waals surface area contributed by atoms with Crippen LogP contribution in [0.5, 0.6) is 5.75 Å². The van der Waals surface area contributed by atoms with E-state index in [2.05, 4.69) is 15.4 Å². The molecule has 7 rings (SSSR count). The molecule has 2 aromatic rings. The Labute approximate surface area is 340 Å². The standard InChI is InChI=1S/C42H56ClN5O8S/c1-4-42(38(51)47-57(53,54)40(3)21-22-40)19-12-8-6-5-7-9-15-33(45-39(52)55-25-28-13-10-11-14-28)37(50)48-26-41(24-34(48)36(49)46-42)20-18-30-31-23-29(43)16-17-32(31)44-27(2)35(30)56-41/h8,12,16-17,23,28,33-34H,4-7,9-11,13-15,18-22,24-26H2,1-3H3,(H,45,52)(H,46,49)(H,47,51). The SMILES string of the molecule is CCC1(C(=O)NS(=O)(=O)C2(C)CC2)CC=CCCCCCC(NC(=O)OCC2CCCC2)C(=O)N2CC3(CCc4c(c(C)nc5ccc(Cl)cc45)O3)CC2C(=O)N1. The van der Waals surface area contributed by atoms with E-state index < -0.39 is 61.8 Å². The van der Waals surface area contributed by atoms with E-state index in [9.17, 15) is 27.6 Å². The molecular formula is C42H56ClN5O8S. The fourth-order valence-corrected chi connectivity index (χ4v) is 10.5. The summed E-state index contributed by atoms with van der Waals surface area (Å²) in [6.45, 7) is 5.53. The Bertz CT molecular complexity index is 2050. The number of alkyl carbamates (subject to hydrolysis) is 1. The van der Waals surface area contributed by atoms with Crippen LogP contribution in [0.25, 0.3) is 10.9 Å². The van der Waals surface area contributed by atoms with Crippen LogP contribution in [0, 0.1) is 12.8 Å². The van der Waals surface area contributed by atoms with E-state index in [1.165, 1.54) is 4.90 Å². The number of aryl methyl sites for hydroxylation is 2. The van der Waals surface area contributed by atoms with Crippen molar-refractivity contribution in [1.29, 1.82) is 0 Å². The number of carbonyl (C=O) groups is 4. The molecule has 2 aliphatic carbocycles. The Hall–Kier alpha value is -3.91. The number of hydrogen-bond donors (Lipinski definition) is 3. The van der Waals surface area contributed by atoms with Gasteiger partial charge < -0.3 is 25.0 Å². The minimum Gasteiger partial charge on any atom is -0.483 e. The number of pyridine rings is 1. The van der Waals surface area contributed by atoms with Gasteiger partial charge in [0.05, 0.1) is 29.1 Å². The summed E-state index contributed by atoms with van der Waals surface area (Å²) in [6, 6.07) is 3.46. The fraction of sp³-hybridized carbons (Fsp3) is 0.643. The second kappa shape index (κ2) is 16.4. The lowest BCUT2D eigenvalue weighted by Crippen LogP contribution is -2.63. The molecule has 1 aromatic carbocycles. The van der Waals surface area contributed by atoms with Crippen LogP contribution in [0.1, 0.15) is 121 Å². The number of hydrogen-bond acceptors (Lipinski definition) is 9. The summed E-state index contributed by atoms with van der Waals surface area (Å²) >= 11 is 6.40. The van der Waals surface area contributed by atoms with Gasteiger partial charge in [0, 0.05) is 22.4 Å². The molecule has 0 radical (unpaired) electrons. The molecule has 3 fully saturated rings. The number of fused-ring (bicyclic) bond motifs is 4. The van der Waals surface area contributed by atoms with Crippen LogP contribution in [0.15, 0.2) is 30.4 Å². The molecule has 4 unspecified atom stereocenters. The number of allylic oxidation sites excluding steroid dienone is 1. The first kappa shape index (κ1) is 41.3. The molecule has 4 amide bonds. The summed E-state index contributed by atoms with van der Waals surface area (Å²) in [5.74, 6) is -0.973. The van der Waals surface area contributed by atoms with Crippen molar-refractivity contribution in [2.24, 2.45) is 5.92 Å². The Balaban J connectivity index is 1.22. The Morgan fingerprint density at radius 1 is 1.07 bits per heavy atom. The molecule has 3 aliphatic heterocycles. The maximum atomic E-state index is 14.8. The van der Waals surface area contributed by atoms with Crippen LogP contribution in [0.4, 0.5) is 4.79 Å². The van der Waals surface area contributed by atoms with Crippen LogP contribution in [0.2, 0.25) is 5.02 Å². The molecule has 0 bridgehead atoms. The van der Waals surface area contributed by atoms with Gasteiger partial charge >= 0.3 is 6.09 Å². The second-order valence-corrected chi connectivity index (χ2v) is 19.8. The van der Waals surface area contributed by atoms with E-state index in [1.54, 1.807) is 19.9 Å². The summed E-state index contributed by atoms with van der Waals surface area (Å²) in [5.41, 5.74) is -0.212. The number of aromatic nitrogens is 1. The minimum atomic E-state index is -4.02. The van der Waals surface area contributed by atoms with E-state index in [-0.39, 0.29) is 32.4 Å². The number of sulfonamides is 1. The van der Waals surface area contributed by atoms with E-state index in [0.717, 1.165) is 55.0 Å². The molecule has 2 saturated carbocycles. The molecule has 1 spiro atoms. The predicted molar refractivity (Wildman–Crippen MR) is 216 cm³/mol. The largest absolute Gasteiger partial charge is 0.483 e. The third kappa shape index (κ3) is 8.63. The van der Waals surface area contributed by atoms with Crippen LogP contribution >= 0.6 is 11.6 Å². The molecule has 310 valence electrons.